The van der Waals surface area contributed by atoms with Crippen LogP contribution in [0.5, 0.6) is 0 Å². The third-order valence-electron chi connectivity index (χ3n) is 5.35. The van der Waals surface area contributed by atoms with Crippen molar-refractivity contribution in [2.24, 2.45) is 0 Å². The summed E-state index contributed by atoms with van der Waals surface area (Å²) >= 11 is 6.06. The fourth-order valence-electron chi connectivity index (χ4n) is 3.56. The van der Waals surface area contributed by atoms with E-state index in [1.165, 1.54) is 39.6 Å². The van der Waals surface area contributed by atoms with Gasteiger partial charge in [0.1, 0.15) is 38.5 Å². The number of benzene rings is 2. The standard InChI is InChI=1S/C21H24ClFN4O2/c1-15(20(28)24-25-21(29)17-5-7-19(23)8-6-17)27-11-9-26(10-12-27)14-16-3-2-4-18(22)13-16/h2-8,13,15H,9-12,14H2,1H3,(H,24,28)(H,25,29)/p+2/t15-/m1/s1. The molecule has 0 spiro atoms. The summed E-state index contributed by atoms with van der Waals surface area (Å²) < 4.78 is 12.9. The van der Waals surface area contributed by atoms with E-state index >= 15 is 0 Å². The average Bonchev–Trinajstić information content (AvgIpc) is 2.72. The monoisotopic (exact) mass is 420 g/mol. The van der Waals surface area contributed by atoms with Crippen molar-refractivity contribution in [3.05, 3.63) is 70.5 Å². The Labute approximate surface area is 174 Å². The number of nitrogens with one attached hydrogen (secondary N) is 4. The summed E-state index contributed by atoms with van der Waals surface area (Å²) in [6.07, 6.45) is 0. The van der Waals surface area contributed by atoms with Crippen LogP contribution in [0.4, 0.5) is 4.39 Å². The topological polar surface area (TPSA) is 67.1 Å². The summed E-state index contributed by atoms with van der Waals surface area (Å²) in [5, 5.41) is 0.749. The van der Waals surface area contributed by atoms with Gasteiger partial charge in [-0.05, 0) is 43.3 Å². The van der Waals surface area contributed by atoms with E-state index in [4.69, 9.17) is 11.6 Å². The predicted molar refractivity (Wildman–Crippen MR) is 108 cm³/mol. The summed E-state index contributed by atoms with van der Waals surface area (Å²) in [5.41, 5.74) is 6.36. The lowest BCUT2D eigenvalue weighted by Crippen LogP contribution is -3.29. The molecule has 0 radical (unpaired) electrons. The van der Waals surface area contributed by atoms with Gasteiger partial charge in [0.05, 0.1) is 0 Å². The van der Waals surface area contributed by atoms with Crippen LogP contribution in [0.15, 0.2) is 48.5 Å². The van der Waals surface area contributed by atoms with E-state index in [0.29, 0.717) is 0 Å². The van der Waals surface area contributed by atoms with Crippen LogP contribution in [0.3, 0.4) is 0 Å². The van der Waals surface area contributed by atoms with E-state index in [1.807, 2.05) is 25.1 Å². The van der Waals surface area contributed by atoms with Crippen molar-refractivity contribution in [1.82, 2.24) is 10.9 Å². The Hall–Kier alpha value is -2.48. The van der Waals surface area contributed by atoms with Gasteiger partial charge >= 0.3 is 0 Å². The van der Waals surface area contributed by atoms with Crippen molar-refractivity contribution in [3.63, 3.8) is 0 Å². The van der Waals surface area contributed by atoms with Crippen LogP contribution in [-0.2, 0) is 11.3 Å². The van der Waals surface area contributed by atoms with E-state index in [2.05, 4.69) is 16.9 Å². The highest BCUT2D eigenvalue weighted by atomic mass is 35.5. The second-order valence-corrected chi connectivity index (χ2v) is 7.82. The molecule has 1 aliphatic rings. The van der Waals surface area contributed by atoms with Crippen LogP contribution in [0, 0.1) is 5.82 Å². The Morgan fingerprint density at radius 1 is 1.07 bits per heavy atom. The first kappa shape index (κ1) is 21.2. The number of quaternary nitrogens is 2. The summed E-state index contributed by atoms with van der Waals surface area (Å²) in [4.78, 5) is 27.1. The first-order valence-electron chi connectivity index (χ1n) is 9.70. The smallest absolute Gasteiger partial charge is 0.296 e. The third-order valence-corrected chi connectivity index (χ3v) is 5.59. The number of hydrazine groups is 1. The van der Waals surface area contributed by atoms with E-state index in [-0.39, 0.29) is 17.5 Å². The van der Waals surface area contributed by atoms with Gasteiger partial charge in [0.25, 0.3) is 11.8 Å². The fourth-order valence-corrected chi connectivity index (χ4v) is 3.77. The maximum atomic E-state index is 12.9. The molecular formula is C21H26ClFN4O2+2. The second-order valence-electron chi connectivity index (χ2n) is 7.39. The first-order chi connectivity index (χ1) is 13.9. The van der Waals surface area contributed by atoms with Gasteiger partial charge in [0.2, 0.25) is 0 Å². The molecule has 1 heterocycles. The maximum Gasteiger partial charge on any atom is 0.296 e. The zero-order valence-electron chi connectivity index (χ0n) is 16.3. The molecule has 1 aliphatic heterocycles. The number of hydrogen-bond acceptors (Lipinski definition) is 2. The van der Waals surface area contributed by atoms with Gasteiger partial charge in [-0.15, -0.1) is 0 Å². The summed E-state index contributed by atoms with van der Waals surface area (Å²) in [7, 11) is 0. The highest BCUT2D eigenvalue weighted by Crippen LogP contribution is 2.09. The van der Waals surface area contributed by atoms with Crippen molar-refractivity contribution in [2.45, 2.75) is 19.5 Å². The van der Waals surface area contributed by atoms with Crippen molar-refractivity contribution in [3.8, 4) is 0 Å². The Bertz CT molecular complexity index is 854. The number of amides is 2. The maximum absolute atomic E-state index is 12.9. The predicted octanol–water partition coefficient (Wildman–Crippen LogP) is -0.388. The normalized spacial score (nSPS) is 20.0. The minimum atomic E-state index is -0.476. The highest BCUT2D eigenvalue weighted by molar-refractivity contribution is 6.30. The highest BCUT2D eigenvalue weighted by Gasteiger charge is 2.31. The van der Waals surface area contributed by atoms with Crippen LogP contribution < -0.4 is 20.7 Å². The molecule has 1 fully saturated rings. The van der Waals surface area contributed by atoms with Crippen LogP contribution >= 0.6 is 11.6 Å². The van der Waals surface area contributed by atoms with E-state index in [9.17, 15) is 14.0 Å². The SMILES string of the molecule is C[C@H](C(=O)NNC(=O)c1ccc(F)cc1)[NH+]1CC[NH+](Cc2cccc(Cl)c2)CC1. The molecule has 1 saturated heterocycles. The molecular weight excluding hydrogens is 395 g/mol. The lowest BCUT2D eigenvalue weighted by molar-refractivity contribution is -1.02. The zero-order chi connectivity index (χ0) is 20.8. The molecule has 0 bridgehead atoms. The fraction of sp³-hybridized carbons (Fsp3) is 0.333. The minimum absolute atomic E-state index is 0.242. The van der Waals surface area contributed by atoms with Crippen LogP contribution in [0.2, 0.25) is 5.02 Å². The number of hydrogen-bond donors (Lipinski definition) is 4. The van der Waals surface area contributed by atoms with E-state index in [0.717, 1.165) is 37.7 Å². The summed E-state index contributed by atoms with van der Waals surface area (Å²) in [5.74, 6) is -1.13. The zero-order valence-corrected chi connectivity index (χ0v) is 17.1. The average molecular weight is 421 g/mol. The van der Waals surface area contributed by atoms with Crippen molar-refractivity contribution < 1.29 is 23.8 Å². The number of halogens is 2. The number of carbonyl (C=O) groups excluding carboxylic acids is 2. The van der Waals surface area contributed by atoms with Gasteiger partial charge < -0.3 is 9.80 Å². The Morgan fingerprint density at radius 3 is 2.41 bits per heavy atom. The molecule has 0 aromatic heterocycles. The first-order valence-corrected chi connectivity index (χ1v) is 10.1. The Balaban J connectivity index is 1.43. The van der Waals surface area contributed by atoms with Gasteiger partial charge in [0.15, 0.2) is 6.04 Å². The number of carbonyl (C=O) groups is 2. The Kier molecular flexibility index (Phi) is 7.19. The van der Waals surface area contributed by atoms with E-state index in [1.54, 1.807) is 0 Å². The molecule has 29 heavy (non-hydrogen) atoms. The number of rotatable bonds is 5. The minimum Gasteiger partial charge on any atom is -0.322 e. The molecule has 2 aromatic carbocycles. The van der Waals surface area contributed by atoms with E-state index < -0.39 is 11.7 Å². The van der Waals surface area contributed by atoms with Crippen LogP contribution in [0.1, 0.15) is 22.8 Å². The lowest BCUT2D eigenvalue weighted by Gasteiger charge is -2.32. The third kappa shape index (κ3) is 6.00. The molecule has 0 saturated carbocycles. The summed E-state index contributed by atoms with van der Waals surface area (Å²) in [6, 6.07) is 12.8. The molecule has 4 N–H and O–H groups in total. The molecule has 2 amide bonds. The van der Waals surface area contributed by atoms with Gasteiger partial charge in [-0.1, -0.05) is 23.7 Å². The summed E-state index contributed by atoms with van der Waals surface area (Å²) in [6.45, 7) is 6.44. The molecule has 1 atom stereocenters. The second kappa shape index (κ2) is 9.82. The van der Waals surface area contributed by atoms with Crippen LogP contribution in [0.25, 0.3) is 0 Å². The molecule has 154 valence electrons. The molecule has 3 rings (SSSR count). The number of piperazine rings is 1. The van der Waals surface area contributed by atoms with Crippen molar-refractivity contribution in [1.29, 1.82) is 0 Å². The van der Waals surface area contributed by atoms with Gasteiger partial charge in [-0.25, -0.2) is 4.39 Å². The molecule has 0 aliphatic carbocycles. The molecule has 8 heteroatoms. The molecule has 0 unspecified atom stereocenters. The Morgan fingerprint density at radius 2 is 1.76 bits per heavy atom. The van der Waals surface area contributed by atoms with Crippen molar-refractivity contribution >= 4 is 23.4 Å². The van der Waals surface area contributed by atoms with Crippen LogP contribution in [-0.4, -0.2) is 44.0 Å². The lowest BCUT2D eigenvalue weighted by atomic mass is 10.1. The molecule has 6 nitrogen and oxygen atoms in total. The molecule has 2 aromatic rings. The van der Waals surface area contributed by atoms with Crippen molar-refractivity contribution in [2.75, 3.05) is 26.2 Å². The quantitative estimate of drug-likeness (QED) is 0.498. The van der Waals surface area contributed by atoms with Gasteiger partial charge in [0, 0.05) is 16.1 Å². The van der Waals surface area contributed by atoms with Gasteiger partial charge in [-0.2, -0.15) is 0 Å². The van der Waals surface area contributed by atoms with Gasteiger partial charge in [-0.3, -0.25) is 20.4 Å². The largest absolute Gasteiger partial charge is 0.322 e.